The molecule has 7 heteroatoms. The number of amides is 2. The van der Waals surface area contributed by atoms with E-state index in [2.05, 4.69) is 9.97 Å². The molecule has 2 aromatic rings. The number of carbonyl (C=O) groups excluding carboxylic acids is 2. The smallest absolute Gasteiger partial charge is 0.274 e. The Bertz CT molecular complexity index is 892. The quantitative estimate of drug-likeness (QED) is 0.801. The van der Waals surface area contributed by atoms with E-state index in [1.165, 1.54) is 18.3 Å². The van der Waals surface area contributed by atoms with Gasteiger partial charge in [0.25, 0.3) is 5.91 Å². The van der Waals surface area contributed by atoms with E-state index in [1.54, 1.807) is 35.1 Å². The predicted molar refractivity (Wildman–Crippen MR) is 102 cm³/mol. The van der Waals surface area contributed by atoms with E-state index >= 15 is 0 Å². The van der Waals surface area contributed by atoms with Gasteiger partial charge >= 0.3 is 0 Å². The fraction of sp³-hybridized carbons (Fsp3) is 0.429. The fourth-order valence-corrected chi connectivity index (χ4v) is 4.31. The molecule has 2 aliphatic heterocycles. The topological polar surface area (TPSA) is 66.4 Å². The van der Waals surface area contributed by atoms with Crippen LogP contribution in [0.2, 0.25) is 0 Å². The van der Waals surface area contributed by atoms with Crippen molar-refractivity contribution in [2.45, 2.75) is 32.6 Å². The molecule has 1 spiro atoms. The molecule has 0 atom stereocenters. The van der Waals surface area contributed by atoms with Gasteiger partial charge in [0.1, 0.15) is 11.5 Å². The molecule has 2 aliphatic rings. The van der Waals surface area contributed by atoms with E-state index in [4.69, 9.17) is 0 Å². The average Bonchev–Trinajstić information content (AvgIpc) is 2.71. The second-order valence-electron chi connectivity index (χ2n) is 7.60. The Morgan fingerprint density at radius 1 is 1.04 bits per heavy atom. The molecule has 3 heterocycles. The lowest BCUT2D eigenvalue weighted by Crippen LogP contribution is -2.54. The number of hydrogen-bond donors (Lipinski definition) is 0. The van der Waals surface area contributed by atoms with Crippen molar-refractivity contribution in [3.8, 4) is 0 Å². The molecule has 4 rings (SSSR count). The number of piperidine rings is 2. The van der Waals surface area contributed by atoms with Crippen LogP contribution in [0.25, 0.3) is 0 Å². The van der Waals surface area contributed by atoms with Crippen molar-refractivity contribution in [3.63, 3.8) is 0 Å². The van der Waals surface area contributed by atoms with E-state index in [0.717, 1.165) is 18.5 Å². The SMILES string of the molecule is Cc1nccnc1C(=O)N1CCC2(CCCN(c3ccc(F)cc3)C2=O)CC1. The standard InChI is InChI=1S/C21H23FN4O2/c1-15-18(24-11-10-23-15)19(27)25-13-8-21(9-14-25)7-2-12-26(20(21)28)17-5-3-16(22)4-6-17/h3-6,10-11H,2,7-9,12-14H2,1H3. The van der Waals surface area contributed by atoms with E-state index in [9.17, 15) is 14.0 Å². The van der Waals surface area contributed by atoms with Crippen LogP contribution >= 0.6 is 0 Å². The zero-order valence-corrected chi connectivity index (χ0v) is 15.9. The lowest BCUT2D eigenvalue weighted by molar-refractivity contribution is -0.133. The van der Waals surface area contributed by atoms with Gasteiger partial charge in [0.05, 0.1) is 11.1 Å². The number of carbonyl (C=O) groups is 2. The summed E-state index contributed by atoms with van der Waals surface area (Å²) in [6.07, 6.45) is 6.10. The summed E-state index contributed by atoms with van der Waals surface area (Å²) < 4.78 is 13.2. The highest BCUT2D eigenvalue weighted by Gasteiger charge is 2.46. The maximum absolute atomic E-state index is 13.3. The summed E-state index contributed by atoms with van der Waals surface area (Å²) in [6.45, 7) is 3.47. The predicted octanol–water partition coefficient (Wildman–Crippen LogP) is 2.97. The van der Waals surface area contributed by atoms with Crippen LogP contribution in [0.4, 0.5) is 10.1 Å². The summed E-state index contributed by atoms with van der Waals surface area (Å²) in [4.78, 5) is 37.9. The minimum absolute atomic E-state index is 0.0909. The number of aryl methyl sites for hydroxylation is 1. The van der Waals surface area contributed by atoms with Gasteiger partial charge in [-0.3, -0.25) is 14.6 Å². The lowest BCUT2D eigenvalue weighted by atomic mass is 9.71. The second kappa shape index (κ2) is 7.30. The highest BCUT2D eigenvalue weighted by molar-refractivity contribution is 5.99. The van der Waals surface area contributed by atoms with Crippen LogP contribution in [0.15, 0.2) is 36.7 Å². The highest BCUT2D eigenvalue weighted by Crippen LogP contribution is 2.42. The van der Waals surface area contributed by atoms with Gasteiger partial charge in [-0.15, -0.1) is 0 Å². The van der Waals surface area contributed by atoms with Gasteiger partial charge in [-0.25, -0.2) is 9.37 Å². The second-order valence-corrected chi connectivity index (χ2v) is 7.60. The number of anilines is 1. The maximum Gasteiger partial charge on any atom is 0.274 e. The van der Waals surface area contributed by atoms with Gasteiger partial charge in [0, 0.05) is 37.7 Å². The minimum atomic E-state index is -0.444. The molecule has 0 saturated carbocycles. The molecule has 0 radical (unpaired) electrons. The third kappa shape index (κ3) is 3.25. The number of likely N-dealkylation sites (tertiary alicyclic amines) is 1. The molecule has 1 aromatic carbocycles. The zero-order chi connectivity index (χ0) is 19.7. The molecule has 0 unspecified atom stereocenters. The number of nitrogens with zero attached hydrogens (tertiary/aromatic N) is 4. The first kappa shape index (κ1) is 18.5. The largest absolute Gasteiger partial charge is 0.337 e. The van der Waals surface area contributed by atoms with Crippen molar-refractivity contribution >= 4 is 17.5 Å². The summed E-state index contributed by atoms with van der Waals surface area (Å²) in [7, 11) is 0. The third-order valence-corrected chi connectivity index (χ3v) is 5.97. The Hall–Kier alpha value is -2.83. The van der Waals surface area contributed by atoms with Crippen LogP contribution in [0, 0.1) is 18.2 Å². The molecule has 2 amide bonds. The molecule has 1 aromatic heterocycles. The molecule has 2 fully saturated rings. The van der Waals surface area contributed by atoms with Crippen molar-refractivity contribution in [2.75, 3.05) is 24.5 Å². The van der Waals surface area contributed by atoms with Gasteiger partial charge < -0.3 is 9.80 Å². The first-order valence-corrected chi connectivity index (χ1v) is 9.65. The number of rotatable bonds is 2. The number of halogens is 1. The molecule has 0 bridgehead atoms. The molecule has 146 valence electrons. The van der Waals surface area contributed by atoms with Crippen LogP contribution in [0.5, 0.6) is 0 Å². The maximum atomic E-state index is 13.3. The number of benzene rings is 1. The lowest BCUT2D eigenvalue weighted by Gasteiger charge is -2.46. The van der Waals surface area contributed by atoms with Gasteiger partial charge in [-0.05, 0) is 56.9 Å². The van der Waals surface area contributed by atoms with E-state index < -0.39 is 5.41 Å². The van der Waals surface area contributed by atoms with E-state index in [0.29, 0.717) is 43.9 Å². The first-order chi connectivity index (χ1) is 13.5. The van der Waals surface area contributed by atoms with Gasteiger partial charge in [0.2, 0.25) is 5.91 Å². The Kier molecular flexibility index (Phi) is 4.83. The first-order valence-electron chi connectivity index (χ1n) is 9.65. The van der Waals surface area contributed by atoms with E-state index in [-0.39, 0.29) is 17.6 Å². The highest BCUT2D eigenvalue weighted by atomic mass is 19.1. The molecule has 0 aliphatic carbocycles. The van der Waals surface area contributed by atoms with Crippen LogP contribution in [0.1, 0.15) is 41.9 Å². The van der Waals surface area contributed by atoms with Crippen molar-refractivity contribution < 1.29 is 14.0 Å². The third-order valence-electron chi connectivity index (χ3n) is 5.97. The summed E-state index contributed by atoms with van der Waals surface area (Å²) in [5.74, 6) is -0.346. The van der Waals surface area contributed by atoms with Crippen molar-refractivity contribution in [1.82, 2.24) is 14.9 Å². The Morgan fingerprint density at radius 3 is 2.39 bits per heavy atom. The van der Waals surface area contributed by atoms with Crippen molar-refractivity contribution in [2.24, 2.45) is 5.41 Å². The zero-order valence-electron chi connectivity index (χ0n) is 15.9. The molecule has 28 heavy (non-hydrogen) atoms. The Morgan fingerprint density at radius 2 is 1.71 bits per heavy atom. The van der Waals surface area contributed by atoms with Crippen molar-refractivity contribution in [3.05, 3.63) is 53.9 Å². The molecule has 0 N–H and O–H groups in total. The van der Waals surface area contributed by atoms with Crippen LogP contribution in [0.3, 0.4) is 0 Å². The molecule has 2 saturated heterocycles. The van der Waals surface area contributed by atoms with Gasteiger partial charge in [0.15, 0.2) is 0 Å². The number of hydrogen-bond acceptors (Lipinski definition) is 4. The fourth-order valence-electron chi connectivity index (χ4n) is 4.31. The van der Waals surface area contributed by atoms with Gasteiger partial charge in [-0.2, -0.15) is 0 Å². The summed E-state index contributed by atoms with van der Waals surface area (Å²) in [6, 6.07) is 6.08. The minimum Gasteiger partial charge on any atom is -0.337 e. The van der Waals surface area contributed by atoms with Crippen molar-refractivity contribution in [1.29, 1.82) is 0 Å². The summed E-state index contributed by atoms with van der Waals surface area (Å²) >= 11 is 0. The van der Waals surface area contributed by atoms with Crippen LogP contribution in [-0.2, 0) is 4.79 Å². The van der Waals surface area contributed by atoms with E-state index in [1.807, 2.05) is 0 Å². The molecule has 6 nitrogen and oxygen atoms in total. The average molecular weight is 382 g/mol. The van der Waals surface area contributed by atoms with Crippen LogP contribution < -0.4 is 4.90 Å². The Labute approximate surface area is 163 Å². The molecular weight excluding hydrogens is 359 g/mol. The van der Waals surface area contributed by atoms with Gasteiger partial charge in [-0.1, -0.05) is 0 Å². The number of aromatic nitrogens is 2. The summed E-state index contributed by atoms with van der Waals surface area (Å²) in [5.41, 5.74) is 1.28. The summed E-state index contributed by atoms with van der Waals surface area (Å²) in [5, 5.41) is 0. The Balaban J connectivity index is 1.48. The monoisotopic (exact) mass is 382 g/mol. The van der Waals surface area contributed by atoms with Crippen LogP contribution in [-0.4, -0.2) is 46.3 Å². The normalized spacial score (nSPS) is 19.1. The molecular formula is C21H23FN4O2.